The highest BCUT2D eigenvalue weighted by atomic mass is 16.3. The molecule has 188 valence electrons. The molecule has 3 N–H and O–H groups in total. The molecule has 0 bridgehead atoms. The van der Waals surface area contributed by atoms with Gasteiger partial charge in [-0.05, 0) is 105 Å². The lowest BCUT2D eigenvalue weighted by Crippen LogP contribution is -2.55. The quantitative estimate of drug-likeness (QED) is 0.426. The molecule has 0 saturated heterocycles. The summed E-state index contributed by atoms with van der Waals surface area (Å²) in [6.07, 6.45) is 12.0. The highest BCUT2D eigenvalue weighted by Gasteiger charge is 2.63. The lowest BCUT2D eigenvalue weighted by Gasteiger charge is -2.62. The number of fused-ring (bicyclic) bond motifs is 4. The van der Waals surface area contributed by atoms with Gasteiger partial charge in [0.1, 0.15) is 0 Å². The van der Waals surface area contributed by atoms with Crippen LogP contribution in [0, 0.1) is 39.4 Å². The molecule has 2 unspecified atom stereocenters. The van der Waals surface area contributed by atoms with Crippen molar-refractivity contribution in [3.05, 3.63) is 23.3 Å². The van der Waals surface area contributed by atoms with Crippen LogP contribution in [0.5, 0.6) is 0 Å². The minimum Gasteiger partial charge on any atom is -0.393 e. The van der Waals surface area contributed by atoms with Crippen LogP contribution in [-0.2, 0) is 0 Å². The van der Waals surface area contributed by atoms with Gasteiger partial charge in [-0.1, -0.05) is 64.8 Å². The summed E-state index contributed by atoms with van der Waals surface area (Å²) in [7, 11) is 0. The van der Waals surface area contributed by atoms with Gasteiger partial charge in [0.05, 0.1) is 17.8 Å². The van der Waals surface area contributed by atoms with E-state index in [1.165, 1.54) is 38.5 Å². The van der Waals surface area contributed by atoms with Gasteiger partial charge in [0, 0.05) is 0 Å². The number of aliphatic hydroxyl groups is 3. The normalized spacial score (nSPS) is 44.9. The van der Waals surface area contributed by atoms with Gasteiger partial charge < -0.3 is 15.3 Å². The van der Waals surface area contributed by atoms with Gasteiger partial charge in [0.25, 0.3) is 0 Å². The predicted octanol–water partition coefficient (Wildman–Crippen LogP) is 6.42. The lowest BCUT2D eigenvalue weighted by molar-refractivity contribution is -0.0967. The Labute approximate surface area is 202 Å². The maximum atomic E-state index is 11.0. The minimum atomic E-state index is -0.894. The highest BCUT2D eigenvalue weighted by Crippen LogP contribution is 2.72. The molecule has 8 atom stereocenters. The SMILES string of the molecule is C[C@H](C(O)/C=C/C(C)(C)O)[C@H]1CC[C@@]2(C)C3=C(CC[C@]12C)[C@@]1(C)CC[C@H](O)C(C)(C)C1CC3. The van der Waals surface area contributed by atoms with Gasteiger partial charge >= 0.3 is 0 Å². The zero-order valence-electron chi connectivity index (χ0n) is 22.5. The monoisotopic (exact) mass is 458 g/mol. The van der Waals surface area contributed by atoms with Crippen LogP contribution in [0.25, 0.3) is 0 Å². The molecular weight excluding hydrogens is 408 g/mol. The van der Waals surface area contributed by atoms with Crippen molar-refractivity contribution in [1.82, 2.24) is 0 Å². The summed E-state index contributed by atoms with van der Waals surface area (Å²) in [5.41, 5.74) is 3.20. The summed E-state index contributed by atoms with van der Waals surface area (Å²) in [6.45, 7) is 17.9. The van der Waals surface area contributed by atoms with E-state index >= 15 is 0 Å². The summed E-state index contributed by atoms with van der Waals surface area (Å²) in [4.78, 5) is 0. The van der Waals surface area contributed by atoms with Crippen LogP contribution >= 0.6 is 0 Å². The predicted molar refractivity (Wildman–Crippen MR) is 136 cm³/mol. The Morgan fingerprint density at radius 3 is 2.24 bits per heavy atom. The third-order valence-electron chi connectivity index (χ3n) is 11.7. The number of hydrogen-bond donors (Lipinski definition) is 3. The first kappa shape index (κ1) is 25.5. The van der Waals surface area contributed by atoms with Crippen molar-refractivity contribution in [3.63, 3.8) is 0 Å². The van der Waals surface area contributed by atoms with Crippen molar-refractivity contribution in [2.45, 2.75) is 125 Å². The molecule has 0 heterocycles. The Morgan fingerprint density at radius 1 is 0.939 bits per heavy atom. The first-order valence-corrected chi connectivity index (χ1v) is 13.6. The first-order valence-electron chi connectivity index (χ1n) is 13.6. The van der Waals surface area contributed by atoms with E-state index in [0.717, 1.165) is 12.8 Å². The first-order chi connectivity index (χ1) is 15.1. The van der Waals surface area contributed by atoms with Gasteiger partial charge in [-0.2, -0.15) is 0 Å². The van der Waals surface area contributed by atoms with Crippen molar-refractivity contribution >= 4 is 0 Å². The van der Waals surface area contributed by atoms with E-state index in [4.69, 9.17) is 0 Å². The Bertz CT molecular complexity index is 832. The molecule has 4 rings (SSSR count). The van der Waals surface area contributed by atoms with Crippen LogP contribution in [0.1, 0.15) is 107 Å². The van der Waals surface area contributed by atoms with Crippen LogP contribution in [0.15, 0.2) is 23.3 Å². The van der Waals surface area contributed by atoms with E-state index in [9.17, 15) is 15.3 Å². The maximum absolute atomic E-state index is 11.0. The zero-order chi connectivity index (χ0) is 24.6. The number of hydrogen-bond acceptors (Lipinski definition) is 3. The molecule has 0 amide bonds. The Hall–Kier alpha value is -0.640. The smallest absolute Gasteiger partial charge is 0.0772 e. The van der Waals surface area contributed by atoms with Crippen LogP contribution in [-0.4, -0.2) is 33.1 Å². The Kier molecular flexibility index (Phi) is 6.12. The maximum Gasteiger partial charge on any atom is 0.0772 e. The number of rotatable bonds is 4. The van der Waals surface area contributed by atoms with E-state index in [1.807, 2.05) is 6.08 Å². The standard InChI is InChI=1S/C30H50O3/c1-19(23(31)13-15-26(2,3)33)20-11-17-30(8)22-9-10-24-27(4,5)25(32)14-16-28(24,6)21(22)12-18-29(20,30)7/h13,15,19-20,23-25,31-33H,9-12,14,16-18H2,1-8H3/b15-13+/t19-,20+,23?,24?,25-,28+,29+,30-/m0/s1. The second kappa shape index (κ2) is 7.93. The van der Waals surface area contributed by atoms with E-state index in [1.54, 1.807) is 31.1 Å². The molecule has 4 aliphatic carbocycles. The van der Waals surface area contributed by atoms with E-state index in [-0.39, 0.29) is 33.7 Å². The number of allylic oxidation sites excluding steroid dienone is 2. The average Bonchev–Trinajstić information content (AvgIpc) is 3.00. The minimum absolute atomic E-state index is 0.0170. The summed E-state index contributed by atoms with van der Waals surface area (Å²) < 4.78 is 0. The molecule has 0 radical (unpaired) electrons. The number of aliphatic hydroxyl groups excluding tert-OH is 2. The van der Waals surface area contributed by atoms with Crippen LogP contribution in [0.2, 0.25) is 0 Å². The van der Waals surface area contributed by atoms with Crippen molar-refractivity contribution in [2.75, 3.05) is 0 Å². The fourth-order valence-electron chi connectivity index (χ4n) is 9.31. The summed E-state index contributed by atoms with van der Waals surface area (Å²) in [5.74, 6) is 1.21. The van der Waals surface area contributed by atoms with Gasteiger partial charge in [0.2, 0.25) is 0 Å². The molecule has 0 spiro atoms. The molecule has 0 aliphatic heterocycles. The molecule has 2 saturated carbocycles. The van der Waals surface area contributed by atoms with Gasteiger partial charge in [-0.3, -0.25) is 0 Å². The molecule has 2 fully saturated rings. The van der Waals surface area contributed by atoms with E-state index in [0.29, 0.717) is 11.8 Å². The Morgan fingerprint density at radius 2 is 1.61 bits per heavy atom. The highest BCUT2D eigenvalue weighted by molar-refractivity contribution is 5.38. The molecule has 3 nitrogen and oxygen atoms in total. The second-order valence-electron chi connectivity index (χ2n) is 14.1. The molecule has 0 aromatic carbocycles. The molecule has 4 aliphatic rings. The lowest BCUT2D eigenvalue weighted by atomic mass is 9.43. The van der Waals surface area contributed by atoms with E-state index < -0.39 is 11.7 Å². The zero-order valence-corrected chi connectivity index (χ0v) is 22.5. The molecular formula is C30H50O3. The topological polar surface area (TPSA) is 60.7 Å². The van der Waals surface area contributed by atoms with Gasteiger partial charge in [-0.25, -0.2) is 0 Å². The summed E-state index contributed by atoms with van der Waals surface area (Å²) in [6, 6.07) is 0. The summed E-state index contributed by atoms with van der Waals surface area (Å²) >= 11 is 0. The Balaban J connectivity index is 1.66. The van der Waals surface area contributed by atoms with Crippen molar-refractivity contribution in [3.8, 4) is 0 Å². The second-order valence-corrected chi connectivity index (χ2v) is 14.1. The third-order valence-corrected chi connectivity index (χ3v) is 11.7. The van der Waals surface area contributed by atoms with Crippen molar-refractivity contribution in [2.24, 2.45) is 39.4 Å². The molecule has 33 heavy (non-hydrogen) atoms. The largest absolute Gasteiger partial charge is 0.393 e. The third kappa shape index (κ3) is 3.71. The van der Waals surface area contributed by atoms with Crippen LogP contribution in [0.4, 0.5) is 0 Å². The van der Waals surface area contributed by atoms with Gasteiger partial charge in [0.15, 0.2) is 0 Å². The van der Waals surface area contributed by atoms with Crippen molar-refractivity contribution < 1.29 is 15.3 Å². The fourth-order valence-corrected chi connectivity index (χ4v) is 9.31. The molecule has 0 aromatic heterocycles. The average molecular weight is 459 g/mol. The molecule has 3 heteroatoms. The molecule has 0 aromatic rings. The fraction of sp³-hybridized carbons (Fsp3) is 0.867. The van der Waals surface area contributed by atoms with E-state index in [2.05, 4.69) is 41.5 Å². The van der Waals surface area contributed by atoms with Crippen LogP contribution in [0.3, 0.4) is 0 Å². The van der Waals surface area contributed by atoms with Crippen LogP contribution < -0.4 is 0 Å². The van der Waals surface area contributed by atoms with Crippen molar-refractivity contribution in [1.29, 1.82) is 0 Å². The van der Waals surface area contributed by atoms with Gasteiger partial charge in [-0.15, -0.1) is 0 Å². The summed E-state index contributed by atoms with van der Waals surface area (Å²) in [5, 5.41) is 31.9.